The molecule has 24 heavy (non-hydrogen) atoms. The van der Waals surface area contributed by atoms with Crippen LogP contribution in [0.2, 0.25) is 0 Å². The number of benzene rings is 1. The quantitative estimate of drug-likeness (QED) is 0.937. The van der Waals surface area contributed by atoms with Crippen LogP contribution in [0.25, 0.3) is 11.3 Å². The van der Waals surface area contributed by atoms with Gasteiger partial charge in [-0.1, -0.05) is 18.2 Å². The number of piperidine rings is 1. The number of rotatable bonds is 3. The summed E-state index contributed by atoms with van der Waals surface area (Å²) in [5, 5.41) is 9.35. The molecule has 0 spiro atoms. The number of carbonyl (C=O) groups excluding carboxylic acids is 1. The first-order chi connectivity index (χ1) is 11.6. The first-order valence-electron chi connectivity index (χ1n) is 7.96. The molecule has 0 bridgehead atoms. The molecule has 124 valence electrons. The van der Waals surface area contributed by atoms with Gasteiger partial charge in [0, 0.05) is 37.7 Å². The van der Waals surface area contributed by atoms with Gasteiger partial charge in [0.2, 0.25) is 5.91 Å². The molecule has 1 N–H and O–H groups in total. The summed E-state index contributed by atoms with van der Waals surface area (Å²) in [7, 11) is 0. The van der Waals surface area contributed by atoms with Crippen LogP contribution in [0, 0.1) is 0 Å². The number of carbonyl (C=O) groups is 2. The van der Waals surface area contributed by atoms with Crippen LogP contribution < -0.4 is 0 Å². The molecule has 1 amide bonds. The molecule has 3 rings (SSSR count). The fraction of sp³-hybridized carbons (Fsp3) is 0.333. The normalized spacial score (nSPS) is 17.5. The molecule has 1 saturated heterocycles. The molecule has 0 radical (unpaired) electrons. The molecule has 6 nitrogen and oxygen atoms in total. The van der Waals surface area contributed by atoms with E-state index in [0.29, 0.717) is 17.8 Å². The molecule has 6 heteroatoms. The van der Waals surface area contributed by atoms with Gasteiger partial charge in [0.25, 0.3) is 0 Å². The minimum Gasteiger partial charge on any atom is -0.478 e. The third-order valence-corrected chi connectivity index (χ3v) is 4.37. The van der Waals surface area contributed by atoms with Crippen molar-refractivity contribution in [1.82, 2.24) is 14.9 Å². The molecular weight excluding hydrogens is 306 g/mol. The van der Waals surface area contributed by atoms with E-state index in [4.69, 9.17) is 0 Å². The second kappa shape index (κ2) is 6.78. The number of nitrogens with zero attached hydrogens (tertiary/aromatic N) is 3. The van der Waals surface area contributed by atoms with Gasteiger partial charge in [-0.05, 0) is 18.9 Å². The molecule has 2 heterocycles. The van der Waals surface area contributed by atoms with Crippen molar-refractivity contribution in [3.63, 3.8) is 0 Å². The largest absolute Gasteiger partial charge is 0.478 e. The van der Waals surface area contributed by atoms with Gasteiger partial charge in [-0.2, -0.15) is 0 Å². The van der Waals surface area contributed by atoms with E-state index in [2.05, 4.69) is 9.97 Å². The molecule has 0 saturated carbocycles. The Hall–Kier alpha value is -2.76. The second-order valence-electron chi connectivity index (χ2n) is 5.98. The number of carboxylic acid groups (broad SMARTS) is 1. The van der Waals surface area contributed by atoms with E-state index >= 15 is 0 Å². The minimum atomic E-state index is -0.988. The van der Waals surface area contributed by atoms with E-state index in [0.717, 1.165) is 25.1 Å². The summed E-state index contributed by atoms with van der Waals surface area (Å²) in [5.74, 6) is -0.787. The summed E-state index contributed by atoms with van der Waals surface area (Å²) in [4.78, 5) is 33.7. The zero-order valence-corrected chi connectivity index (χ0v) is 13.5. The predicted octanol–water partition coefficient (Wildman–Crippen LogP) is 2.57. The average Bonchev–Trinajstić information content (AvgIpc) is 2.62. The van der Waals surface area contributed by atoms with Crippen LogP contribution in [0.5, 0.6) is 0 Å². The molecule has 2 aromatic rings. The van der Waals surface area contributed by atoms with Crippen molar-refractivity contribution in [1.29, 1.82) is 0 Å². The lowest BCUT2D eigenvalue weighted by molar-refractivity contribution is -0.130. The van der Waals surface area contributed by atoms with E-state index in [1.807, 2.05) is 4.90 Å². The molecule has 0 aliphatic carbocycles. The van der Waals surface area contributed by atoms with Gasteiger partial charge in [-0.15, -0.1) is 0 Å². The van der Waals surface area contributed by atoms with Crippen molar-refractivity contribution in [3.05, 3.63) is 47.9 Å². The molecule has 1 unspecified atom stereocenters. The van der Waals surface area contributed by atoms with E-state index in [1.165, 1.54) is 0 Å². The summed E-state index contributed by atoms with van der Waals surface area (Å²) < 4.78 is 0. The van der Waals surface area contributed by atoms with Crippen molar-refractivity contribution >= 4 is 11.9 Å². The number of amides is 1. The predicted molar refractivity (Wildman–Crippen MR) is 88.7 cm³/mol. The van der Waals surface area contributed by atoms with Crippen molar-refractivity contribution < 1.29 is 14.7 Å². The molecule has 1 aliphatic rings. The van der Waals surface area contributed by atoms with Gasteiger partial charge < -0.3 is 10.0 Å². The van der Waals surface area contributed by atoms with Crippen LogP contribution >= 0.6 is 0 Å². The van der Waals surface area contributed by atoms with Gasteiger partial charge in [0.1, 0.15) is 0 Å². The second-order valence-corrected chi connectivity index (χ2v) is 5.98. The van der Waals surface area contributed by atoms with Gasteiger partial charge >= 0.3 is 5.97 Å². The van der Waals surface area contributed by atoms with E-state index < -0.39 is 5.97 Å². The number of aromatic nitrogens is 2. The van der Waals surface area contributed by atoms with Crippen molar-refractivity contribution in [2.75, 3.05) is 13.1 Å². The number of hydrogen-bond acceptors (Lipinski definition) is 4. The third kappa shape index (κ3) is 3.27. The van der Waals surface area contributed by atoms with Crippen molar-refractivity contribution in [3.8, 4) is 11.3 Å². The monoisotopic (exact) mass is 325 g/mol. The average molecular weight is 325 g/mol. The zero-order chi connectivity index (χ0) is 17.1. The van der Waals surface area contributed by atoms with Crippen LogP contribution in [0.1, 0.15) is 41.7 Å². The van der Waals surface area contributed by atoms with Crippen LogP contribution in [0.15, 0.2) is 36.7 Å². The topological polar surface area (TPSA) is 83.4 Å². The Morgan fingerprint density at radius 2 is 2.04 bits per heavy atom. The van der Waals surface area contributed by atoms with Crippen LogP contribution in [0.4, 0.5) is 0 Å². The molecule has 1 aromatic heterocycles. The highest BCUT2D eigenvalue weighted by Gasteiger charge is 2.24. The summed E-state index contributed by atoms with van der Waals surface area (Å²) in [6.45, 7) is 2.99. The molecular formula is C18H19N3O3. The highest BCUT2D eigenvalue weighted by atomic mass is 16.4. The number of likely N-dealkylation sites (tertiary alicyclic amines) is 1. The number of aromatic carboxylic acids is 1. The Labute approximate surface area is 140 Å². The molecule has 1 aliphatic heterocycles. The van der Waals surface area contributed by atoms with Crippen LogP contribution in [0.3, 0.4) is 0 Å². The van der Waals surface area contributed by atoms with Crippen molar-refractivity contribution in [2.45, 2.75) is 25.7 Å². The molecule has 1 aromatic carbocycles. The lowest BCUT2D eigenvalue weighted by Gasteiger charge is -2.31. The summed E-state index contributed by atoms with van der Waals surface area (Å²) in [6.07, 6.45) is 5.17. The van der Waals surface area contributed by atoms with Gasteiger partial charge in [-0.25, -0.2) is 9.78 Å². The first-order valence-corrected chi connectivity index (χ1v) is 7.96. The zero-order valence-electron chi connectivity index (χ0n) is 13.5. The number of carboxylic acids is 1. The van der Waals surface area contributed by atoms with E-state index in [-0.39, 0.29) is 17.4 Å². The Morgan fingerprint density at radius 1 is 1.25 bits per heavy atom. The minimum absolute atomic E-state index is 0.0695. The summed E-state index contributed by atoms with van der Waals surface area (Å²) in [5.41, 5.74) is 2.11. The van der Waals surface area contributed by atoms with Gasteiger partial charge in [0.05, 0.1) is 23.1 Å². The Balaban J connectivity index is 1.93. The Kier molecular flexibility index (Phi) is 4.55. The molecule has 1 atom stereocenters. The third-order valence-electron chi connectivity index (χ3n) is 4.37. The maximum Gasteiger partial charge on any atom is 0.336 e. The lowest BCUT2D eigenvalue weighted by Crippen LogP contribution is -2.37. The van der Waals surface area contributed by atoms with E-state index in [9.17, 15) is 14.7 Å². The maximum atomic E-state index is 11.6. The number of hydrogen-bond donors (Lipinski definition) is 1. The van der Waals surface area contributed by atoms with Gasteiger partial charge in [-0.3, -0.25) is 9.78 Å². The van der Waals surface area contributed by atoms with Crippen molar-refractivity contribution in [2.24, 2.45) is 0 Å². The van der Waals surface area contributed by atoms with E-state index in [1.54, 1.807) is 43.6 Å². The fourth-order valence-electron chi connectivity index (χ4n) is 3.11. The highest BCUT2D eigenvalue weighted by Crippen LogP contribution is 2.28. The van der Waals surface area contributed by atoms with Crippen LogP contribution in [-0.4, -0.2) is 44.9 Å². The smallest absolute Gasteiger partial charge is 0.336 e. The Morgan fingerprint density at radius 3 is 2.79 bits per heavy atom. The summed E-state index contributed by atoms with van der Waals surface area (Å²) >= 11 is 0. The highest BCUT2D eigenvalue weighted by molar-refractivity contribution is 5.95. The standard InChI is InChI=1S/C18H19N3O3/c1-12(22)21-8-4-5-13(11-21)16-9-19-10-17(20-16)14-6-2-3-7-15(14)18(23)24/h2-3,6-7,9-10,13H,4-5,8,11H2,1H3,(H,23,24). The SMILES string of the molecule is CC(=O)N1CCCC(c2cncc(-c3ccccc3C(=O)O)n2)C1. The van der Waals surface area contributed by atoms with Crippen LogP contribution in [-0.2, 0) is 4.79 Å². The van der Waals surface area contributed by atoms with Gasteiger partial charge in [0.15, 0.2) is 0 Å². The fourth-order valence-corrected chi connectivity index (χ4v) is 3.11. The lowest BCUT2D eigenvalue weighted by atomic mass is 9.94. The first kappa shape index (κ1) is 16.1. The molecule has 1 fully saturated rings. The maximum absolute atomic E-state index is 11.6. The summed E-state index contributed by atoms with van der Waals surface area (Å²) in [6, 6.07) is 6.77. The Bertz CT molecular complexity index is 776.